The molecule has 0 unspecified atom stereocenters. The van der Waals surface area contributed by atoms with Crippen LogP contribution in [0.1, 0.15) is 11.4 Å². The van der Waals surface area contributed by atoms with Crippen LogP contribution in [0.2, 0.25) is 0 Å². The van der Waals surface area contributed by atoms with Gasteiger partial charge in [-0.15, -0.1) is 0 Å². The highest BCUT2D eigenvalue weighted by atomic mass is 16.5. The Bertz CT molecular complexity index is 547. The number of ether oxygens (including phenoxy) is 1. The van der Waals surface area contributed by atoms with Crippen LogP contribution in [0.4, 0.5) is 0 Å². The summed E-state index contributed by atoms with van der Waals surface area (Å²) in [4.78, 5) is 14.7. The van der Waals surface area contributed by atoms with Gasteiger partial charge in [0.2, 0.25) is 5.88 Å². The molecule has 6 heteroatoms. The Labute approximate surface area is 91.5 Å². The van der Waals surface area contributed by atoms with E-state index in [1.807, 2.05) is 13.8 Å². The molecule has 0 spiro atoms. The zero-order valence-corrected chi connectivity index (χ0v) is 8.97. The van der Waals surface area contributed by atoms with Gasteiger partial charge in [0.25, 0.3) is 0 Å². The second-order valence-electron chi connectivity index (χ2n) is 3.47. The maximum atomic E-state index is 10.4. The number of nitrogens with zero attached hydrogens (tertiary/aromatic N) is 3. The first-order chi connectivity index (χ1) is 7.56. The molecule has 0 atom stereocenters. The van der Waals surface area contributed by atoms with Crippen molar-refractivity contribution in [2.75, 3.05) is 6.61 Å². The highest BCUT2D eigenvalue weighted by Gasteiger charge is 2.08. The molecule has 0 aliphatic heterocycles. The van der Waals surface area contributed by atoms with Gasteiger partial charge in [-0.05, 0) is 13.8 Å². The van der Waals surface area contributed by atoms with Crippen LogP contribution < -0.4 is 4.74 Å². The number of aryl methyl sites for hydroxylation is 2. The topological polar surface area (TPSA) is 76.7 Å². The predicted octanol–water partition coefficient (Wildman–Crippen LogP) is 0.810. The summed E-state index contributed by atoms with van der Waals surface area (Å²) in [5.41, 5.74) is 2.21. The third-order valence-electron chi connectivity index (χ3n) is 1.99. The van der Waals surface area contributed by atoms with Crippen molar-refractivity contribution >= 4 is 11.6 Å². The zero-order chi connectivity index (χ0) is 11.7. The lowest BCUT2D eigenvalue weighted by atomic mass is 10.4. The SMILES string of the molecule is Cc1cc(OCC(=O)O)n2nc(C)cc2n1. The molecule has 0 fully saturated rings. The van der Waals surface area contributed by atoms with Crippen molar-refractivity contribution in [3.63, 3.8) is 0 Å². The summed E-state index contributed by atoms with van der Waals surface area (Å²) in [7, 11) is 0. The molecule has 0 aromatic carbocycles. The largest absolute Gasteiger partial charge is 0.479 e. The van der Waals surface area contributed by atoms with Crippen molar-refractivity contribution in [2.45, 2.75) is 13.8 Å². The highest BCUT2D eigenvalue weighted by Crippen LogP contribution is 2.15. The van der Waals surface area contributed by atoms with Gasteiger partial charge in [0.05, 0.1) is 5.69 Å². The lowest BCUT2D eigenvalue weighted by Crippen LogP contribution is -2.12. The van der Waals surface area contributed by atoms with Crippen LogP contribution in [0.15, 0.2) is 12.1 Å². The van der Waals surface area contributed by atoms with Gasteiger partial charge < -0.3 is 9.84 Å². The van der Waals surface area contributed by atoms with Crippen LogP contribution in [0, 0.1) is 13.8 Å². The fourth-order valence-corrected chi connectivity index (χ4v) is 1.42. The van der Waals surface area contributed by atoms with Gasteiger partial charge in [-0.1, -0.05) is 0 Å². The number of carboxylic acids is 1. The summed E-state index contributed by atoms with van der Waals surface area (Å²) < 4.78 is 6.63. The third-order valence-corrected chi connectivity index (χ3v) is 1.99. The van der Waals surface area contributed by atoms with Gasteiger partial charge in [-0.25, -0.2) is 9.78 Å². The molecule has 0 radical (unpaired) electrons. The van der Waals surface area contributed by atoms with E-state index in [0.29, 0.717) is 11.5 Å². The lowest BCUT2D eigenvalue weighted by Gasteiger charge is -2.05. The van der Waals surface area contributed by atoms with E-state index in [0.717, 1.165) is 11.4 Å². The zero-order valence-electron chi connectivity index (χ0n) is 8.97. The van der Waals surface area contributed by atoms with E-state index in [1.54, 1.807) is 12.1 Å². The molecular weight excluding hydrogens is 210 g/mol. The predicted molar refractivity (Wildman–Crippen MR) is 55.6 cm³/mol. The average Bonchev–Trinajstić information content (AvgIpc) is 2.54. The normalized spacial score (nSPS) is 10.6. The van der Waals surface area contributed by atoms with Crippen LogP contribution in [-0.2, 0) is 4.79 Å². The molecular formula is C10H11N3O3. The number of aromatic nitrogens is 3. The maximum Gasteiger partial charge on any atom is 0.341 e. The fraction of sp³-hybridized carbons (Fsp3) is 0.300. The van der Waals surface area contributed by atoms with E-state index in [1.165, 1.54) is 4.52 Å². The van der Waals surface area contributed by atoms with Crippen molar-refractivity contribution in [3.8, 4) is 5.88 Å². The second-order valence-corrected chi connectivity index (χ2v) is 3.47. The van der Waals surface area contributed by atoms with Crippen LogP contribution in [0.3, 0.4) is 0 Å². The van der Waals surface area contributed by atoms with Crippen LogP contribution in [0.5, 0.6) is 5.88 Å². The number of hydrogen-bond donors (Lipinski definition) is 1. The number of rotatable bonds is 3. The molecule has 2 heterocycles. The van der Waals surface area contributed by atoms with Gasteiger partial charge in [0.1, 0.15) is 0 Å². The number of carboxylic acid groups (broad SMARTS) is 1. The van der Waals surface area contributed by atoms with Gasteiger partial charge in [-0.3, -0.25) is 0 Å². The summed E-state index contributed by atoms with van der Waals surface area (Å²) >= 11 is 0. The fourth-order valence-electron chi connectivity index (χ4n) is 1.42. The molecule has 2 rings (SSSR count). The summed E-state index contributed by atoms with van der Waals surface area (Å²) in [6, 6.07) is 3.46. The van der Waals surface area contributed by atoms with E-state index in [2.05, 4.69) is 10.1 Å². The Morgan fingerprint density at radius 2 is 2.19 bits per heavy atom. The second kappa shape index (κ2) is 3.80. The van der Waals surface area contributed by atoms with Crippen molar-refractivity contribution in [1.82, 2.24) is 14.6 Å². The Balaban J connectivity index is 2.45. The number of fused-ring (bicyclic) bond motifs is 1. The Kier molecular flexibility index (Phi) is 2.47. The standard InChI is InChI=1S/C10H11N3O3/c1-6-4-9(16-5-10(14)15)13-8(11-6)3-7(2)12-13/h3-4H,5H2,1-2H3,(H,14,15). The molecule has 2 aromatic rings. The molecule has 0 saturated heterocycles. The van der Waals surface area contributed by atoms with Crippen LogP contribution in [-0.4, -0.2) is 32.3 Å². The lowest BCUT2D eigenvalue weighted by molar-refractivity contribution is -0.139. The monoisotopic (exact) mass is 221 g/mol. The molecule has 84 valence electrons. The van der Waals surface area contributed by atoms with Gasteiger partial charge >= 0.3 is 5.97 Å². The van der Waals surface area contributed by atoms with Crippen molar-refractivity contribution in [3.05, 3.63) is 23.5 Å². The molecule has 0 aliphatic rings. The average molecular weight is 221 g/mol. The Hall–Kier alpha value is -2.11. The first-order valence-corrected chi connectivity index (χ1v) is 4.75. The first kappa shape index (κ1) is 10.4. The Morgan fingerprint density at radius 3 is 2.88 bits per heavy atom. The minimum atomic E-state index is -1.02. The maximum absolute atomic E-state index is 10.4. The summed E-state index contributed by atoms with van der Waals surface area (Å²) in [6.45, 7) is 3.26. The molecule has 0 bridgehead atoms. The third kappa shape index (κ3) is 1.95. The number of carbonyl (C=O) groups is 1. The minimum absolute atomic E-state index is 0.387. The van der Waals surface area contributed by atoms with Crippen molar-refractivity contribution in [2.24, 2.45) is 0 Å². The molecule has 2 aromatic heterocycles. The van der Waals surface area contributed by atoms with Crippen molar-refractivity contribution < 1.29 is 14.6 Å². The quantitative estimate of drug-likeness (QED) is 0.829. The summed E-state index contributed by atoms with van der Waals surface area (Å²) in [5, 5.41) is 12.7. The minimum Gasteiger partial charge on any atom is -0.479 e. The Morgan fingerprint density at radius 1 is 1.44 bits per heavy atom. The van der Waals surface area contributed by atoms with E-state index >= 15 is 0 Å². The van der Waals surface area contributed by atoms with E-state index in [4.69, 9.17) is 9.84 Å². The number of hydrogen-bond acceptors (Lipinski definition) is 4. The molecule has 1 N–H and O–H groups in total. The summed E-state index contributed by atoms with van der Waals surface area (Å²) in [5.74, 6) is -0.635. The van der Waals surface area contributed by atoms with E-state index < -0.39 is 12.6 Å². The van der Waals surface area contributed by atoms with E-state index in [-0.39, 0.29) is 0 Å². The molecule has 16 heavy (non-hydrogen) atoms. The summed E-state index contributed by atoms with van der Waals surface area (Å²) in [6.07, 6.45) is 0. The highest BCUT2D eigenvalue weighted by molar-refractivity contribution is 5.68. The molecule has 6 nitrogen and oxygen atoms in total. The van der Waals surface area contributed by atoms with Crippen LogP contribution in [0.25, 0.3) is 5.65 Å². The van der Waals surface area contributed by atoms with E-state index in [9.17, 15) is 4.79 Å². The molecule has 0 amide bonds. The first-order valence-electron chi connectivity index (χ1n) is 4.75. The smallest absolute Gasteiger partial charge is 0.341 e. The number of aliphatic carboxylic acids is 1. The molecule has 0 aliphatic carbocycles. The van der Waals surface area contributed by atoms with Gasteiger partial charge in [0, 0.05) is 17.8 Å². The van der Waals surface area contributed by atoms with Gasteiger partial charge in [-0.2, -0.15) is 9.61 Å². The van der Waals surface area contributed by atoms with Gasteiger partial charge in [0.15, 0.2) is 12.3 Å². The van der Waals surface area contributed by atoms with Crippen molar-refractivity contribution in [1.29, 1.82) is 0 Å². The van der Waals surface area contributed by atoms with Crippen LogP contribution >= 0.6 is 0 Å². The molecule has 0 saturated carbocycles.